The quantitative estimate of drug-likeness (QED) is 0.805. The number of carbonyl (C=O) groups excluding carboxylic acids is 1. The molecule has 0 aliphatic carbocycles. The Balaban J connectivity index is 2.24. The highest BCUT2D eigenvalue weighted by Crippen LogP contribution is 2.16. The zero-order valence-corrected chi connectivity index (χ0v) is 12.0. The Bertz CT molecular complexity index is 382. The molecule has 1 rings (SSSR count). The molecule has 0 spiro atoms. The summed E-state index contributed by atoms with van der Waals surface area (Å²) in [5.41, 5.74) is 1.06. The van der Waals surface area contributed by atoms with Gasteiger partial charge in [0.05, 0.1) is 6.54 Å². The molecule has 0 aliphatic heterocycles. The van der Waals surface area contributed by atoms with Crippen molar-refractivity contribution in [2.24, 2.45) is 5.41 Å². The molecule has 0 heterocycles. The molecule has 0 unspecified atom stereocenters. The summed E-state index contributed by atoms with van der Waals surface area (Å²) >= 11 is 5.77. The summed E-state index contributed by atoms with van der Waals surface area (Å²) in [7, 11) is 0. The average molecular weight is 269 g/mol. The lowest BCUT2D eigenvalue weighted by atomic mass is 9.92. The van der Waals surface area contributed by atoms with E-state index in [9.17, 15) is 4.79 Å². The van der Waals surface area contributed by atoms with Crippen molar-refractivity contribution in [3.8, 4) is 0 Å². The van der Waals surface area contributed by atoms with Gasteiger partial charge in [0.1, 0.15) is 0 Å². The van der Waals surface area contributed by atoms with Crippen molar-refractivity contribution >= 4 is 23.2 Å². The predicted molar refractivity (Wildman–Crippen MR) is 77.0 cm³/mol. The van der Waals surface area contributed by atoms with Crippen molar-refractivity contribution in [2.75, 3.05) is 18.4 Å². The van der Waals surface area contributed by atoms with Crippen molar-refractivity contribution in [3.63, 3.8) is 0 Å². The third kappa shape index (κ3) is 6.62. The molecule has 18 heavy (non-hydrogen) atoms. The van der Waals surface area contributed by atoms with E-state index in [1.54, 1.807) is 24.3 Å². The summed E-state index contributed by atoms with van der Waals surface area (Å²) in [6.45, 7) is 7.73. The number of benzene rings is 1. The van der Waals surface area contributed by atoms with Gasteiger partial charge in [0, 0.05) is 10.7 Å². The van der Waals surface area contributed by atoms with E-state index in [0.29, 0.717) is 17.0 Å². The Labute approximate surface area is 114 Å². The lowest BCUT2D eigenvalue weighted by Crippen LogP contribution is -2.30. The first-order chi connectivity index (χ1) is 8.37. The second-order valence-corrected chi connectivity index (χ2v) is 5.98. The molecule has 100 valence electrons. The van der Waals surface area contributed by atoms with Crippen LogP contribution < -0.4 is 10.6 Å². The molecule has 1 aromatic carbocycles. The molecule has 4 heteroatoms. The average Bonchev–Trinajstić information content (AvgIpc) is 2.26. The van der Waals surface area contributed by atoms with Gasteiger partial charge in [-0.25, -0.2) is 0 Å². The third-order valence-electron chi connectivity index (χ3n) is 2.47. The summed E-state index contributed by atoms with van der Waals surface area (Å²) in [5, 5.41) is 6.61. The molecule has 0 bridgehead atoms. The fourth-order valence-electron chi connectivity index (χ4n) is 1.40. The number of anilines is 1. The van der Waals surface area contributed by atoms with Crippen LogP contribution in [-0.4, -0.2) is 19.0 Å². The minimum Gasteiger partial charge on any atom is -0.325 e. The van der Waals surface area contributed by atoms with Crippen LogP contribution in [0.5, 0.6) is 0 Å². The summed E-state index contributed by atoms with van der Waals surface area (Å²) < 4.78 is 0. The predicted octanol–water partition coefficient (Wildman–Crippen LogP) is 3.30. The van der Waals surface area contributed by atoms with E-state index in [4.69, 9.17) is 11.6 Å². The Morgan fingerprint density at radius 3 is 2.39 bits per heavy atom. The number of amides is 1. The van der Waals surface area contributed by atoms with Crippen LogP contribution in [-0.2, 0) is 4.79 Å². The number of hydrogen-bond donors (Lipinski definition) is 2. The van der Waals surface area contributed by atoms with E-state index < -0.39 is 0 Å². The Morgan fingerprint density at radius 1 is 1.22 bits per heavy atom. The Morgan fingerprint density at radius 2 is 1.83 bits per heavy atom. The normalized spacial score (nSPS) is 11.3. The zero-order chi connectivity index (χ0) is 13.6. The van der Waals surface area contributed by atoms with Crippen LogP contribution in [0.2, 0.25) is 5.02 Å². The number of hydrogen-bond acceptors (Lipinski definition) is 2. The van der Waals surface area contributed by atoms with Crippen molar-refractivity contribution < 1.29 is 4.79 Å². The van der Waals surface area contributed by atoms with Gasteiger partial charge in [0.15, 0.2) is 0 Å². The third-order valence-corrected chi connectivity index (χ3v) is 2.72. The Hall–Kier alpha value is -1.06. The van der Waals surface area contributed by atoms with Crippen LogP contribution in [0.3, 0.4) is 0 Å². The van der Waals surface area contributed by atoms with E-state index >= 15 is 0 Å². The monoisotopic (exact) mass is 268 g/mol. The van der Waals surface area contributed by atoms with E-state index in [1.165, 1.54) is 0 Å². The standard InChI is InChI=1S/C14H21ClN2O/c1-14(2,3)8-9-16-10-13(18)17-12-6-4-11(15)5-7-12/h4-7,16H,8-10H2,1-3H3,(H,17,18). The van der Waals surface area contributed by atoms with Gasteiger partial charge in [-0.1, -0.05) is 32.4 Å². The van der Waals surface area contributed by atoms with Gasteiger partial charge in [-0.3, -0.25) is 4.79 Å². The topological polar surface area (TPSA) is 41.1 Å². The van der Waals surface area contributed by atoms with E-state index in [0.717, 1.165) is 18.7 Å². The summed E-state index contributed by atoms with van der Waals surface area (Å²) in [5.74, 6) is -0.0359. The van der Waals surface area contributed by atoms with Crippen molar-refractivity contribution in [1.82, 2.24) is 5.32 Å². The molecular weight excluding hydrogens is 248 g/mol. The SMILES string of the molecule is CC(C)(C)CCNCC(=O)Nc1ccc(Cl)cc1. The molecule has 0 fully saturated rings. The van der Waals surface area contributed by atoms with Gasteiger partial charge in [0.2, 0.25) is 5.91 Å². The minimum absolute atomic E-state index is 0.0359. The highest BCUT2D eigenvalue weighted by Gasteiger charge is 2.09. The number of rotatable bonds is 5. The van der Waals surface area contributed by atoms with Gasteiger partial charge in [-0.2, -0.15) is 0 Å². The number of halogens is 1. The lowest BCUT2D eigenvalue weighted by molar-refractivity contribution is -0.115. The lowest BCUT2D eigenvalue weighted by Gasteiger charge is -2.17. The van der Waals surface area contributed by atoms with Crippen LogP contribution in [0.1, 0.15) is 27.2 Å². The molecule has 0 radical (unpaired) electrons. The van der Waals surface area contributed by atoms with E-state index in [1.807, 2.05) is 0 Å². The molecule has 1 aromatic rings. The first-order valence-corrected chi connectivity index (χ1v) is 6.51. The molecule has 0 saturated carbocycles. The smallest absolute Gasteiger partial charge is 0.238 e. The van der Waals surface area contributed by atoms with Crippen LogP contribution in [0, 0.1) is 5.41 Å². The van der Waals surface area contributed by atoms with Crippen LogP contribution >= 0.6 is 11.6 Å². The van der Waals surface area contributed by atoms with Gasteiger partial charge < -0.3 is 10.6 Å². The molecule has 2 N–H and O–H groups in total. The molecular formula is C14H21ClN2O. The van der Waals surface area contributed by atoms with Crippen molar-refractivity contribution in [3.05, 3.63) is 29.3 Å². The van der Waals surface area contributed by atoms with Crippen molar-refractivity contribution in [2.45, 2.75) is 27.2 Å². The van der Waals surface area contributed by atoms with Crippen LogP contribution in [0.25, 0.3) is 0 Å². The Kier molecular flexibility index (Phi) is 5.63. The molecule has 0 aliphatic rings. The summed E-state index contributed by atoms with van der Waals surface area (Å²) in [6.07, 6.45) is 1.04. The maximum absolute atomic E-state index is 11.6. The first-order valence-electron chi connectivity index (χ1n) is 6.13. The second-order valence-electron chi connectivity index (χ2n) is 5.54. The number of nitrogens with one attached hydrogen (secondary N) is 2. The largest absolute Gasteiger partial charge is 0.325 e. The van der Waals surface area contributed by atoms with Crippen LogP contribution in [0.15, 0.2) is 24.3 Å². The van der Waals surface area contributed by atoms with E-state index in [2.05, 4.69) is 31.4 Å². The number of carbonyl (C=O) groups is 1. The van der Waals surface area contributed by atoms with Gasteiger partial charge >= 0.3 is 0 Å². The molecule has 0 aromatic heterocycles. The van der Waals surface area contributed by atoms with E-state index in [-0.39, 0.29) is 5.91 Å². The van der Waals surface area contributed by atoms with Gasteiger partial charge in [0.25, 0.3) is 0 Å². The zero-order valence-electron chi connectivity index (χ0n) is 11.2. The molecule has 0 atom stereocenters. The second kappa shape index (κ2) is 6.76. The highest BCUT2D eigenvalue weighted by molar-refractivity contribution is 6.30. The summed E-state index contributed by atoms with van der Waals surface area (Å²) in [6, 6.07) is 7.08. The summed E-state index contributed by atoms with van der Waals surface area (Å²) in [4.78, 5) is 11.6. The molecule has 3 nitrogen and oxygen atoms in total. The van der Waals surface area contributed by atoms with Gasteiger partial charge in [-0.05, 0) is 42.6 Å². The maximum Gasteiger partial charge on any atom is 0.238 e. The maximum atomic E-state index is 11.6. The fourth-order valence-corrected chi connectivity index (χ4v) is 1.53. The van der Waals surface area contributed by atoms with Crippen molar-refractivity contribution in [1.29, 1.82) is 0 Å². The minimum atomic E-state index is -0.0359. The highest BCUT2D eigenvalue weighted by atomic mass is 35.5. The van der Waals surface area contributed by atoms with Crippen LogP contribution in [0.4, 0.5) is 5.69 Å². The molecule has 0 saturated heterocycles. The fraction of sp³-hybridized carbons (Fsp3) is 0.500. The molecule has 1 amide bonds. The first kappa shape index (κ1) is 15.0. The van der Waals surface area contributed by atoms with Gasteiger partial charge in [-0.15, -0.1) is 0 Å².